The lowest BCUT2D eigenvalue weighted by Crippen LogP contribution is -2.04. The van der Waals surface area contributed by atoms with Gasteiger partial charge in [0.15, 0.2) is 0 Å². The van der Waals surface area contributed by atoms with Gasteiger partial charge in [-0.15, -0.1) is 0 Å². The number of aliphatic hydroxyl groups is 1. The Morgan fingerprint density at radius 1 is 1.17 bits per heavy atom. The second kappa shape index (κ2) is 5.97. The number of hydrogen-bond acceptors (Lipinski definition) is 5. The maximum Gasteiger partial charge on any atom is 0.226 e. The molecule has 0 bridgehead atoms. The number of aliphatic hydroxyl groups excluding tert-OH is 1. The molecule has 0 unspecified atom stereocenters. The molecule has 0 aliphatic carbocycles. The van der Waals surface area contributed by atoms with Crippen molar-refractivity contribution in [1.29, 1.82) is 0 Å². The van der Waals surface area contributed by atoms with E-state index in [1.54, 1.807) is 19.4 Å². The summed E-state index contributed by atoms with van der Waals surface area (Å²) in [5.74, 6) is 1.06. The van der Waals surface area contributed by atoms with Gasteiger partial charge in [0, 0.05) is 18.8 Å². The van der Waals surface area contributed by atoms with Gasteiger partial charge in [-0.3, -0.25) is 0 Å². The quantitative estimate of drug-likeness (QED) is 0.837. The highest BCUT2D eigenvalue weighted by Crippen LogP contribution is 2.09. The van der Waals surface area contributed by atoms with Crippen molar-refractivity contribution in [3.63, 3.8) is 0 Å². The van der Waals surface area contributed by atoms with Crippen LogP contribution >= 0.6 is 0 Å². The molecule has 0 fully saturated rings. The van der Waals surface area contributed by atoms with E-state index in [0.717, 1.165) is 11.1 Å². The summed E-state index contributed by atoms with van der Waals surface area (Å²) in [5.41, 5.74) is 2.00. The van der Waals surface area contributed by atoms with Crippen LogP contribution in [-0.4, -0.2) is 22.2 Å². The largest absolute Gasteiger partial charge is 0.481 e. The number of rotatable bonds is 5. The predicted molar refractivity (Wildman–Crippen MR) is 68.3 cm³/mol. The molecule has 2 aromatic rings. The van der Waals surface area contributed by atoms with E-state index in [1.807, 2.05) is 24.3 Å². The van der Waals surface area contributed by atoms with E-state index in [9.17, 15) is 0 Å². The first kappa shape index (κ1) is 12.3. The van der Waals surface area contributed by atoms with Gasteiger partial charge in [-0.05, 0) is 11.1 Å². The van der Waals surface area contributed by atoms with Gasteiger partial charge in [-0.1, -0.05) is 24.3 Å². The molecular formula is C13H15N3O2. The van der Waals surface area contributed by atoms with Crippen LogP contribution in [-0.2, 0) is 13.2 Å². The minimum atomic E-state index is 0.0622. The van der Waals surface area contributed by atoms with Crippen molar-refractivity contribution in [2.24, 2.45) is 0 Å². The Hall–Kier alpha value is -2.14. The third-order valence-corrected chi connectivity index (χ3v) is 2.50. The summed E-state index contributed by atoms with van der Waals surface area (Å²) in [6.07, 6.45) is 1.64. The number of ether oxygens (including phenoxy) is 1. The predicted octanol–water partition coefficient (Wildman–Crippen LogP) is 1.59. The number of hydrogen-bond donors (Lipinski definition) is 2. The first-order valence-electron chi connectivity index (χ1n) is 5.61. The standard InChI is InChI=1S/C13H15N3O2/c1-18-12-6-7-14-13(16-12)15-8-10-2-4-11(9-17)5-3-10/h2-7,17H,8-9H2,1H3,(H,14,15,16). The van der Waals surface area contributed by atoms with Crippen LogP contribution in [0.15, 0.2) is 36.5 Å². The Morgan fingerprint density at radius 3 is 2.56 bits per heavy atom. The monoisotopic (exact) mass is 245 g/mol. The fourth-order valence-electron chi connectivity index (χ4n) is 1.48. The van der Waals surface area contributed by atoms with Gasteiger partial charge in [0.2, 0.25) is 11.8 Å². The Labute approximate surface area is 105 Å². The smallest absolute Gasteiger partial charge is 0.226 e. The van der Waals surface area contributed by atoms with Crippen molar-refractivity contribution in [3.05, 3.63) is 47.7 Å². The van der Waals surface area contributed by atoms with E-state index < -0.39 is 0 Å². The second-order valence-corrected chi connectivity index (χ2v) is 3.75. The molecule has 0 spiro atoms. The molecule has 2 rings (SSSR count). The number of benzene rings is 1. The Bertz CT molecular complexity index is 500. The number of nitrogens with zero attached hydrogens (tertiary/aromatic N) is 2. The van der Waals surface area contributed by atoms with Gasteiger partial charge in [-0.2, -0.15) is 4.98 Å². The van der Waals surface area contributed by atoms with Crippen LogP contribution in [0.2, 0.25) is 0 Å². The molecule has 0 amide bonds. The zero-order valence-electron chi connectivity index (χ0n) is 10.1. The highest BCUT2D eigenvalue weighted by atomic mass is 16.5. The van der Waals surface area contributed by atoms with Gasteiger partial charge in [0.05, 0.1) is 13.7 Å². The lowest BCUT2D eigenvalue weighted by Gasteiger charge is -2.06. The third-order valence-electron chi connectivity index (χ3n) is 2.50. The molecule has 0 aliphatic heterocycles. The molecule has 1 aromatic carbocycles. The molecule has 18 heavy (non-hydrogen) atoms. The number of methoxy groups -OCH3 is 1. The summed E-state index contributed by atoms with van der Waals surface area (Å²) in [6, 6.07) is 9.39. The molecule has 1 aromatic heterocycles. The van der Waals surface area contributed by atoms with Crippen LogP contribution in [0.5, 0.6) is 5.88 Å². The van der Waals surface area contributed by atoms with Gasteiger partial charge in [-0.25, -0.2) is 4.98 Å². The van der Waals surface area contributed by atoms with Crippen molar-refractivity contribution in [2.45, 2.75) is 13.2 Å². The Balaban J connectivity index is 1.97. The van der Waals surface area contributed by atoms with E-state index in [1.165, 1.54) is 0 Å². The average molecular weight is 245 g/mol. The molecule has 0 saturated carbocycles. The number of nitrogens with one attached hydrogen (secondary N) is 1. The van der Waals surface area contributed by atoms with Crippen molar-refractivity contribution < 1.29 is 9.84 Å². The Morgan fingerprint density at radius 2 is 1.89 bits per heavy atom. The van der Waals surface area contributed by atoms with E-state index in [-0.39, 0.29) is 6.61 Å². The fourth-order valence-corrected chi connectivity index (χ4v) is 1.48. The SMILES string of the molecule is COc1ccnc(NCc2ccc(CO)cc2)n1. The van der Waals surface area contributed by atoms with Crippen LogP contribution in [0.1, 0.15) is 11.1 Å². The van der Waals surface area contributed by atoms with E-state index in [4.69, 9.17) is 9.84 Å². The lowest BCUT2D eigenvalue weighted by atomic mass is 10.1. The Kier molecular flexibility index (Phi) is 4.09. The maximum absolute atomic E-state index is 8.94. The molecule has 0 saturated heterocycles. The van der Waals surface area contributed by atoms with Gasteiger partial charge < -0.3 is 15.2 Å². The summed E-state index contributed by atoms with van der Waals surface area (Å²) in [4.78, 5) is 8.25. The molecule has 1 heterocycles. The summed E-state index contributed by atoms with van der Waals surface area (Å²) in [6.45, 7) is 0.686. The van der Waals surface area contributed by atoms with Crippen molar-refractivity contribution in [1.82, 2.24) is 9.97 Å². The normalized spacial score (nSPS) is 10.1. The van der Waals surface area contributed by atoms with Crippen molar-refractivity contribution in [3.8, 4) is 5.88 Å². The van der Waals surface area contributed by atoms with Gasteiger partial charge in [0.1, 0.15) is 0 Å². The lowest BCUT2D eigenvalue weighted by molar-refractivity contribution is 0.282. The molecule has 94 valence electrons. The van der Waals surface area contributed by atoms with E-state index in [2.05, 4.69) is 15.3 Å². The average Bonchev–Trinajstić information content (AvgIpc) is 2.46. The van der Waals surface area contributed by atoms with Crippen LogP contribution in [0.3, 0.4) is 0 Å². The highest BCUT2D eigenvalue weighted by molar-refractivity contribution is 5.30. The summed E-state index contributed by atoms with van der Waals surface area (Å²) >= 11 is 0. The van der Waals surface area contributed by atoms with Crippen LogP contribution in [0.4, 0.5) is 5.95 Å². The maximum atomic E-state index is 8.94. The number of anilines is 1. The molecule has 0 aliphatic rings. The van der Waals surface area contributed by atoms with Crippen molar-refractivity contribution >= 4 is 5.95 Å². The molecule has 2 N–H and O–H groups in total. The van der Waals surface area contributed by atoms with Crippen LogP contribution in [0, 0.1) is 0 Å². The zero-order valence-corrected chi connectivity index (χ0v) is 10.1. The number of aromatic nitrogens is 2. The molecule has 0 radical (unpaired) electrons. The third kappa shape index (κ3) is 3.18. The first-order valence-corrected chi connectivity index (χ1v) is 5.61. The van der Waals surface area contributed by atoms with Crippen LogP contribution in [0.25, 0.3) is 0 Å². The summed E-state index contributed by atoms with van der Waals surface area (Å²) < 4.78 is 5.02. The zero-order chi connectivity index (χ0) is 12.8. The van der Waals surface area contributed by atoms with Crippen molar-refractivity contribution in [2.75, 3.05) is 12.4 Å². The first-order chi connectivity index (χ1) is 8.81. The minimum absolute atomic E-state index is 0.0622. The van der Waals surface area contributed by atoms with E-state index in [0.29, 0.717) is 18.4 Å². The van der Waals surface area contributed by atoms with Gasteiger partial charge in [0.25, 0.3) is 0 Å². The molecule has 5 nitrogen and oxygen atoms in total. The summed E-state index contributed by atoms with van der Waals surface area (Å²) in [5, 5.41) is 12.1. The topological polar surface area (TPSA) is 67.3 Å². The molecular weight excluding hydrogens is 230 g/mol. The molecule has 0 atom stereocenters. The molecule has 5 heteroatoms. The van der Waals surface area contributed by atoms with Crippen LogP contribution < -0.4 is 10.1 Å². The van der Waals surface area contributed by atoms with E-state index >= 15 is 0 Å². The summed E-state index contributed by atoms with van der Waals surface area (Å²) in [7, 11) is 1.57. The minimum Gasteiger partial charge on any atom is -0.481 e. The second-order valence-electron chi connectivity index (χ2n) is 3.75. The van der Waals surface area contributed by atoms with Gasteiger partial charge >= 0.3 is 0 Å². The highest BCUT2D eigenvalue weighted by Gasteiger charge is 1.99. The fraction of sp³-hybridized carbons (Fsp3) is 0.231.